The predicted octanol–water partition coefficient (Wildman–Crippen LogP) is 5.88. The molecule has 0 aromatic heterocycles. The standard InChI is InChI=1S/C27H46O.C4H13N3/c1-18(2)7-6-8-19(3)23-11-12-24-22-10-9-20-17-21(28)13-15-26(20,4)25(22)14-16-27(23,24)5;5-1-3-7-4-2-6/h9,18-19,21-25,28H,6-8,10-17H2,1-5H3;7H,1-6H2/t19-,21+,22+,23-,24+,25+,26+,27-;/m1./s1. The third-order valence-corrected chi connectivity index (χ3v) is 10.9. The third kappa shape index (κ3) is 6.54. The molecule has 4 heteroatoms. The highest BCUT2D eigenvalue weighted by Crippen LogP contribution is 2.67. The number of rotatable bonds is 9. The van der Waals surface area contributed by atoms with Crippen LogP contribution in [0.25, 0.3) is 0 Å². The maximum absolute atomic E-state index is 10.2. The van der Waals surface area contributed by atoms with Gasteiger partial charge in [0.2, 0.25) is 0 Å². The zero-order valence-corrected chi connectivity index (χ0v) is 23.8. The summed E-state index contributed by atoms with van der Waals surface area (Å²) in [6.07, 6.45) is 17.2. The van der Waals surface area contributed by atoms with E-state index < -0.39 is 0 Å². The molecule has 0 unspecified atom stereocenters. The summed E-state index contributed by atoms with van der Waals surface area (Å²) < 4.78 is 0. The molecule has 0 radical (unpaired) electrons. The van der Waals surface area contributed by atoms with E-state index in [-0.39, 0.29) is 6.10 Å². The van der Waals surface area contributed by atoms with Gasteiger partial charge in [-0.15, -0.1) is 0 Å². The molecule has 4 rings (SSSR count). The van der Waals surface area contributed by atoms with Crippen LogP contribution in [0.15, 0.2) is 11.6 Å². The van der Waals surface area contributed by atoms with Crippen LogP contribution in [0.2, 0.25) is 0 Å². The Hall–Kier alpha value is -0.420. The van der Waals surface area contributed by atoms with E-state index in [0.29, 0.717) is 23.9 Å². The van der Waals surface area contributed by atoms with Crippen LogP contribution in [0.5, 0.6) is 0 Å². The first kappa shape index (κ1) is 29.1. The number of aliphatic hydroxyl groups is 1. The zero-order chi connectivity index (χ0) is 25.6. The summed E-state index contributed by atoms with van der Waals surface area (Å²) in [5.74, 6) is 5.46. The fourth-order valence-electron chi connectivity index (χ4n) is 9.00. The highest BCUT2D eigenvalue weighted by molar-refractivity contribution is 5.25. The van der Waals surface area contributed by atoms with Crippen LogP contribution < -0.4 is 16.8 Å². The lowest BCUT2D eigenvalue weighted by molar-refractivity contribution is -0.0573. The van der Waals surface area contributed by atoms with Crippen molar-refractivity contribution >= 4 is 0 Å². The van der Waals surface area contributed by atoms with E-state index >= 15 is 0 Å². The molecule has 0 aromatic carbocycles. The molecule has 3 saturated carbocycles. The molecule has 3 fully saturated rings. The minimum atomic E-state index is -0.0766. The van der Waals surface area contributed by atoms with Crippen LogP contribution in [-0.2, 0) is 0 Å². The summed E-state index contributed by atoms with van der Waals surface area (Å²) in [6, 6.07) is 0. The SMILES string of the molecule is CC(C)CCC[C@@H](C)[C@H]1CC[C@H]2[C@@H]3CC=C4C[C@@H](O)CC[C@]4(C)[C@H]3CC[C@]12C.NCCNCCN. The normalized spacial score (nSPS) is 39.1. The van der Waals surface area contributed by atoms with Crippen LogP contribution in [0, 0.1) is 46.3 Å². The average molecular weight is 490 g/mol. The molecule has 0 bridgehead atoms. The topological polar surface area (TPSA) is 84.3 Å². The number of hydrogen-bond acceptors (Lipinski definition) is 4. The Labute approximate surface area is 217 Å². The maximum Gasteiger partial charge on any atom is 0.0577 e. The summed E-state index contributed by atoms with van der Waals surface area (Å²) in [5, 5.41) is 13.2. The Balaban J connectivity index is 0.000000429. The van der Waals surface area contributed by atoms with E-state index in [0.717, 1.165) is 61.4 Å². The van der Waals surface area contributed by atoms with Gasteiger partial charge >= 0.3 is 0 Å². The Morgan fingerprint density at radius 1 is 0.971 bits per heavy atom. The molecule has 4 aliphatic carbocycles. The molecular weight excluding hydrogens is 430 g/mol. The summed E-state index contributed by atoms with van der Waals surface area (Å²) in [4.78, 5) is 0. The van der Waals surface area contributed by atoms with Crippen LogP contribution >= 0.6 is 0 Å². The lowest BCUT2D eigenvalue weighted by atomic mass is 9.47. The van der Waals surface area contributed by atoms with Gasteiger partial charge in [0, 0.05) is 26.2 Å². The van der Waals surface area contributed by atoms with Crippen LogP contribution in [0.4, 0.5) is 0 Å². The molecule has 0 spiro atoms. The Bertz CT molecular complexity index is 674. The van der Waals surface area contributed by atoms with E-state index in [1.807, 2.05) is 0 Å². The minimum absolute atomic E-state index is 0.0766. The van der Waals surface area contributed by atoms with Crippen LogP contribution in [-0.4, -0.2) is 37.4 Å². The first-order valence-electron chi connectivity index (χ1n) is 15.2. The number of aliphatic hydroxyl groups excluding tert-OH is 1. The number of nitrogens with one attached hydrogen (secondary N) is 1. The van der Waals surface area contributed by atoms with Crippen molar-refractivity contribution in [3.05, 3.63) is 11.6 Å². The van der Waals surface area contributed by atoms with Gasteiger partial charge in [-0.3, -0.25) is 0 Å². The van der Waals surface area contributed by atoms with E-state index in [1.165, 1.54) is 57.8 Å². The van der Waals surface area contributed by atoms with Gasteiger partial charge in [0.25, 0.3) is 0 Å². The molecule has 0 aliphatic heterocycles. The summed E-state index contributed by atoms with van der Waals surface area (Å²) in [6.45, 7) is 15.7. The van der Waals surface area contributed by atoms with Gasteiger partial charge in [0.15, 0.2) is 0 Å². The average Bonchev–Trinajstić information content (AvgIpc) is 3.17. The van der Waals surface area contributed by atoms with Crippen molar-refractivity contribution in [2.75, 3.05) is 26.2 Å². The number of nitrogens with two attached hydrogens (primary N) is 2. The van der Waals surface area contributed by atoms with Gasteiger partial charge in [0.05, 0.1) is 6.10 Å². The fraction of sp³-hybridized carbons (Fsp3) is 0.935. The van der Waals surface area contributed by atoms with Gasteiger partial charge in [0.1, 0.15) is 0 Å². The van der Waals surface area contributed by atoms with E-state index in [9.17, 15) is 5.11 Å². The molecule has 35 heavy (non-hydrogen) atoms. The van der Waals surface area contributed by atoms with E-state index in [1.54, 1.807) is 5.57 Å². The lowest BCUT2D eigenvalue weighted by Crippen LogP contribution is -2.50. The van der Waals surface area contributed by atoms with E-state index in [4.69, 9.17) is 11.5 Å². The first-order chi connectivity index (χ1) is 16.7. The summed E-state index contributed by atoms with van der Waals surface area (Å²) >= 11 is 0. The van der Waals surface area contributed by atoms with E-state index in [2.05, 4.69) is 46.0 Å². The van der Waals surface area contributed by atoms with Crippen molar-refractivity contribution in [2.45, 2.75) is 111 Å². The summed E-state index contributed by atoms with van der Waals surface area (Å²) in [7, 11) is 0. The largest absolute Gasteiger partial charge is 0.393 e. The Morgan fingerprint density at radius 3 is 2.34 bits per heavy atom. The molecular formula is C31H59N3O. The molecule has 4 aliphatic rings. The summed E-state index contributed by atoms with van der Waals surface area (Å²) in [5.41, 5.74) is 12.9. The van der Waals surface area contributed by atoms with Crippen LogP contribution in [0.1, 0.15) is 105 Å². The monoisotopic (exact) mass is 489 g/mol. The van der Waals surface area contributed by atoms with Crippen molar-refractivity contribution in [1.82, 2.24) is 5.32 Å². The van der Waals surface area contributed by atoms with Gasteiger partial charge in [-0.25, -0.2) is 0 Å². The highest BCUT2D eigenvalue weighted by Gasteiger charge is 2.59. The highest BCUT2D eigenvalue weighted by atomic mass is 16.3. The number of allylic oxidation sites excluding steroid dienone is 1. The molecule has 204 valence electrons. The second-order valence-electron chi connectivity index (χ2n) is 13.5. The van der Waals surface area contributed by atoms with Gasteiger partial charge in [-0.05, 0) is 97.7 Å². The van der Waals surface area contributed by atoms with Gasteiger partial charge in [-0.1, -0.05) is 65.5 Å². The van der Waals surface area contributed by atoms with Crippen molar-refractivity contribution in [3.8, 4) is 0 Å². The van der Waals surface area contributed by atoms with Crippen molar-refractivity contribution in [1.29, 1.82) is 0 Å². The number of hydrogen-bond donors (Lipinski definition) is 4. The molecule has 4 nitrogen and oxygen atoms in total. The molecule has 0 amide bonds. The maximum atomic E-state index is 10.2. The number of fused-ring (bicyclic) bond motifs is 5. The molecule has 6 N–H and O–H groups in total. The lowest BCUT2D eigenvalue weighted by Gasteiger charge is -2.58. The van der Waals surface area contributed by atoms with Crippen molar-refractivity contribution in [2.24, 2.45) is 57.8 Å². The quantitative estimate of drug-likeness (QED) is 0.241. The Kier molecular flexibility index (Phi) is 10.7. The third-order valence-electron chi connectivity index (χ3n) is 10.9. The second kappa shape index (κ2) is 12.9. The zero-order valence-electron chi connectivity index (χ0n) is 23.8. The van der Waals surface area contributed by atoms with Crippen LogP contribution in [0.3, 0.4) is 0 Å². The minimum Gasteiger partial charge on any atom is -0.393 e. The molecule has 0 saturated heterocycles. The predicted molar refractivity (Wildman–Crippen MR) is 150 cm³/mol. The molecule has 8 atom stereocenters. The van der Waals surface area contributed by atoms with Gasteiger partial charge < -0.3 is 21.9 Å². The Morgan fingerprint density at radius 2 is 1.69 bits per heavy atom. The van der Waals surface area contributed by atoms with Crippen molar-refractivity contribution in [3.63, 3.8) is 0 Å². The van der Waals surface area contributed by atoms with Gasteiger partial charge in [-0.2, -0.15) is 0 Å². The smallest absolute Gasteiger partial charge is 0.0577 e. The first-order valence-corrected chi connectivity index (χ1v) is 15.2. The second-order valence-corrected chi connectivity index (χ2v) is 13.5. The van der Waals surface area contributed by atoms with Crippen molar-refractivity contribution < 1.29 is 5.11 Å². The molecule has 0 aromatic rings. The molecule has 0 heterocycles. The fourth-order valence-corrected chi connectivity index (χ4v) is 9.00.